The predicted octanol–water partition coefficient (Wildman–Crippen LogP) is 6.25. The predicted molar refractivity (Wildman–Crippen MR) is 126 cm³/mol. The molecule has 0 saturated heterocycles. The Morgan fingerprint density at radius 1 is 1.20 bits per heavy atom. The minimum absolute atomic E-state index is 0.000572. The second kappa shape index (κ2) is 8.47. The number of anilines is 1. The molecule has 0 spiro atoms. The van der Waals surface area contributed by atoms with E-state index < -0.39 is 0 Å². The molecule has 158 valence electrons. The third-order valence-corrected chi connectivity index (χ3v) is 5.87. The molecule has 1 heterocycles. The number of ether oxygens (including phenoxy) is 1. The van der Waals surface area contributed by atoms with Crippen molar-refractivity contribution < 1.29 is 9.53 Å². The van der Waals surface area contributed by atoms with Crippen molar-refractivity contribution >= 4 is 29.1 Å². The molecule has 2 aromatic rings. The van der Waals surface area contributed by atoms with Crippen LogP contribution in [0.2, 0.25) is 0 Å². The molecular formula is C26H32N2O2. The first-order valence-corrected chi connectivity index (χ1v) is 10.5. The summed E-state index contributed by atoms with van der Waals surface area (Å²) in [5, 5.41) is 0. The van der Waals surface area contributed by atoms with Gasteiger partial charge in [-0.25, -0.2) is 4.79 Å². The van der Waals surface area contributed by atoms with Crippen molar-refractivity contribution in [2.75, 3.05) is 18.6 Å². The molecule has 0 aromatic heterocycles. The standard InChI is InChI=1S/C26H32N2O2/c1-8-12-28-24-13-17(2)20(14-22(24)18(3)15-26(28,5)6)16-27-23-11-9-10-21(19(23)4)25(29)30-7/h9-11,13-16H,8,12H2,1-7H3. The Morgan fingerprint density at radius 3 is 2.60 bits per heavy atom. The summed E-state index contributed by atoms with van der Waals surface area (Å²) in [5.41, 5.74) is 8.26. The number of methoxy groups -OCH3 is 1. The first-order valence-electron chi connectivity index (χ1n) is 10.5. The summed E-state index contributed by atoms with van der Waals surface area (Å²) in [7, 11) is 1.40. The summed E-state index contributed by atoms with van der Waals surface area (Å²) < 4.78 is 4.87. The van der Waals surface area contributed by atoms with Gasteiger partial charge in [0.1, 0.15) is 0 Å². The fourth-order valence-electron chi connectivity index (χ4n) is 4.25. The summed E-state index contributed by atoms with van der Waals surface area (Å²) in [5.74, 6) is -0.339. The maximum absolute atomic E-state index is 12.0. The van der Waals surface area contributed by atoms with E-state index in [0.717, 1.165) is 29.8 Å². The van der Waals surface area contributed by atoms with Crippen LogP contribution in [0, 0.1) is 13.8 Å². The average molecular weight is 405 g/mol. The van der Waals surface area contributed by atoms with Crippen LogP contribution in [0.5, 0.6) is 0 Å². The van der Waals surface area contributed by atoms with E-state index >= 15 is 0 Å². The summed E-state index contributed by atoms with van der Waals surface area (Å²) in [6.45, 7) is 14.0. The molecule has 0 atom stereocenters. The van der Waals surface area contributed by atoms with Gasteiger partial charge in [-0.2, -0.15) is 0 Å². The lowest BCUT2D eigenvalue weighted by Crippen LogP contribution is -2.45. The topological polar surface area (TPSA) is 41.9 Å². The van der Waals surface area contributed by atoms with E-state index in [9.17, 15) is 4.79 Å². The van der Waals surface area contributed by atoms with Gasteiger partial charge in [0, 0.05) is 24.0 Å². The number of hydrogen-bond acceptors (Lipinski definition) is 4. The van der Waals surface area contributed by atoms with Crippen molar-refractivity contribution in [3.8, 4) is 0 Å². The number of rotatable bonds is 5. The summed E-state index contributed by atoms with van der Waals surface area (Å²) in [6, 6.07) is 10.0. The Hall–Kier alpha value is -2.88. The molecule has 0 fully saturated rings. The number of benzene rings is 2. The average Bonchev–Trinajstić information content (AvgIpc) is 2.69. The molecule has 30 heavy (non-hydrogen) atoms. The minimum atomic E-state index is -0.339. The molecular weight excluding hydrogens is 372 g/mol. The van der Waals surface area contributed by atoms with Crippen LogP contribution in [0.4, 0.5) is 11.4 Å². The Balaban J connectivity index is 2.02. The lowest BCUT2D eigenvalue weighted by atomic mass is 9.87. The maximum atomic E-state index is 12.0. The Bertz CT molecular complexity index is 1030. The maximum Gasteiger partial charge on any atom is 0.338 e. The monoisotopic (exact) mass is 404 g/mol. The van der Waals surface area contributed by atoms with E-state index in [2.05, 4.69) is 57.7 Å². The van der Waals surface area contributed by atoms with Gasteiger partial charge in [0.05, 0.1) is 23.9 Å². The molecule has 1 aliphatic heterocycles. The first-order chi connectivity index (χ1) is 14.2. The molecule has 0 amide bonds. The fraction of sp³-hybridized carbons (Fsp3) is 0.385. The molecule has 4 nitrogen and oxygen atoms in total. The number of esters is 1. The first kappa shape index (κ1) is 21.8. The van der Waals surface area contributed by atoms with Crippen molar-refractivity contribution in [2.24, 2.45) is 4.99 Å². The third-order valence-electron chi connectivity index (χ3n) is 5.87. The molecule has 1 aliphatic rings. The zero-order valence-corrected chi connectivity index (χ0v) is 19.2. The molecule has 0 N–H and O–H groups in total. The smallest absolute Gasteiger partial charge is 0.338 e. The largest absolute Gasteiger partial charge is 0.465 e. The van der Waals surface area contributed by atoms with Crippen LogP contribution < -0.4 is 4.90 Å². The van der Waals surface area contributed by atoms with Gasteiger partial charge >= 0.3 is 5.97 Å². The van der Waals surface area contributed by atoms with Crippen molar-refractivity contribution in [3.05, 3.63) is 64.2 Å². The highest BCUT2D eigenvalue weighted by Gasteiger charge is 2.31. The third kappa shape index (κ3) is 4.04. The lowest BCUT2D eigenvalue weighted by Gasteiger charge is -2.43. The second-order valence-electron chi connectivity index (χ2n) is 8.56. The van der Waals surface area contributed by atoms with Crippen LogP contribution >= 0.6 is 0 Å². The minimum Gasteiger partial charge on any atom is -0.465 e. The number of hydrogen-bond donors (Lipinski definition) is 0. The molecule has 0 bridgehead atoms. The van der Waals surface area contributed by atoms with Gasteiger partial charge in [-0.1, -0.05) is 19.1 Å². The van der Waals surface area contributed by atoms with E-state index in [0.29, 0.717) is 5.56 Å². The van der Waals surface area contributed by atoms with Crippen LogP contribution in [0.25, 0.3) is 5.57 Å². The van der Waals surface area contributed by atoms with Crippen molar-refractivity contribution in [2.45, 2.75) is 53.5 Å². The van der Waals surface area contributed by atoms with Gasteiger partial charge in [0.15, 0.2) is 0 Å². The molecule has 0 aliphatic carbocycles. The van der Waals surface area contributed by atoms with Gasteiger partial charge in [-0.3, -0.25) is 4.99 Å². The zero-order chi connectivity index (χ0) is 22.1. The van der Waals surface area contributed by atoms with Crippen LogP contribution in [0.15, 0.2) is 41.4 Å². The molecule has 3 rings (SSSR count). The van der Waals surface area contributed by atoms with E-state index in [1.165, 1.54) is 29.5 Å². The number of carbonyl (C=O) groups excluding carboxylic acids is 1. The molecule has 4 heteroatoms. The molecule has 0 saturated carbocycles. The lowest BCUT2D eigenvalue weighted by molar-refractivity contribution is 0.0600. The summed E-state index contributed by atoms with van der Waals surface area (Å²) >= 11 is 0. The van der Waals surface area contributed by atoms with Crippen LogP contribution in [-0.2, 0) is 4.74 Å². The Kier molecular flexibility index (Phi) is 6.16. The number of fused-ring (bicyclic) bond motifs is 1. The van der Waals surface area contributed by atoms with Crippen molar-refractivity contribution in [1.29, 1.82) is 0 Å². The molecule has 0 radical (unpaired) electrons. The van der Waals surface area contributed by atoms with Gasteiger partial charge in [0.25, 0.3) is 0 Å². The number of aryl methyl sites for hydroxylation is 1. The zero-order valence-electron chi connectivity index (χ0n) is 19.2. The molecule has 2 aromatic carbocycles. The Morgan fingerprint density at radius 2 is 1.93 bits per heavy atom. The summed E-state index contributed by atoms with van der Waals surface area (Å²) in [4.78, 5) is 19.2. The second-order valence-corrected chi connectivity index (χ2v) is 8.56. The number of carbonyl (C=O) groups is 1. The molecule has 0 unspecified atom stereocenters. The normalized spacial score (nSPS) is 15.2. The van der Waals surface area contributed by atoms with Gasteiger partial charge in [-0.05, 0) is 87.6 Å². The highest BCUT2D eigenvalue weighted by molar-refractivity contribution is 5.94. The van der Waals surface area contributed by atoms with E-state index in [1.807, 2.05) is 25.3 Å². The van der Waals surface area contributed by atoms with Gasteiger partial charge in [-0.15, -0.1) is 0 Å². The highest BCUT2D eigenvalue weighted by atomic mass is 16.5. The number of nitrogens with zero attached hydrogens (tertiary/aromatic N) is 2. The summed E-state index contributed by atoms with van der Waals surface area (Å²) in [6.07, 6.45) is 5.36. The number of aliphatic imine (C=N–C) groups is 1. The SMILES string of the molecule is CCCN1c2cc(C)c(C=Nc3cccc(C(=O)OC)c3C)cc2C(C)=CC1(C)C. The van der Waals surface area contributed by atoms with Crippen LogP contribution in [0.3, 0.4) is 0 Å². The van der Waals surface area contributed by atoms with Crippen LogP contribution in [0.1, 0.15) is 66.7 Å². The van der Waals surface area contributed by atoms with E-state index in [-0.39, 0.29) is 11.5 Å². The fourth-order valence-corrected chi connectivity index (χ4v) is 4.25. The van der Waals surface area contributed by atoms with Gasteiger partial charge in [0.2, 0.25) is 0 Å². The van der Waals surface area contributed by atoms with E-state index in [4.69, 9.17) is 9.73 Å². The highest BCUT2D eigenvalue weighted by Crippen LogP contribution is 2.40. The quantitative estimate of drug-likeness (QED) is 0.437. The van der Waals surface area contributed by atoms with E-state index in [1.54, 1.807) is 6.07 Å². The Labute approximate surface area is 180 Å². The van der Waals surface area contributed by atoms with Crippen molar-refractivity contribution in [1.82, 2.24) is 0 Å². The van der Waals surface area contributed by atoms with Crippen LogP contribution in [-0.4, -0.2) is 31.4 Å². The van der Waals surface area contributed by atoms with Gasteiger partial charge < -0.3 is 9.64 Å². The van der Waals surface area contributed by atoms with Crippen molar-refractivity contribution in [3.63, 3.8) is 0 Å². The number of allylic oxidation sites excluding steroid dienone is 1.